The van der Waals surface area contributed by atoms with Crippen LogP contribution in [0.2, 0.25) is 0 Å². The van der Waals surface area contributed by atoms with Crippen LogP contribution in [0.1, 0.15) is 32.2 Å². The molecule has 68 valence electrons. The van der Waals surface area contributed by atoms with Gasteiger partial charge < -0.3 is 10.3 Å². The number of rotatable bonds is 1. The van der Waals surface area contributed by atoms with Gasteiger partial charge in [-0.15, -0.1) is 0 Å². The lowest BCUT2D eigenvalue weighted by atomic mass is 9.90. The second-order valence-corrected chi connectivity index (χ2v) is 4.10. The fraction of sp³-hybridized carbons (Fsp3) is 0.667. The molecule has 3 heteroatoms. The van der Waals surface area contributed by atoms with E-state index in [1.165, 1.54) is 5.69 Å². The smallest absolute Gasteiger partial charge is 0.0949 e. The highest BCUT2D eigenvalue weighted by atomic mass is 15.0. The first-order chi connectivity index (χ1) is 5.46. The van der Waals surface area contributed by atoms with Crippen LogP contribution in [0.15, 0.2) is 6.33 Å². The maximum Gasteiger partial charge on any atom is 0.0949 e. The van der Waals surface area contributed by atoms with Crippen LogP contribution in [0.25, 0.3) is 0 Å². The maximum atomic E-state index is 5.58. The summed E-state index contributed by atoms with van der Waals surface area (Å²) in [6.45, 7) is 7.03. The molecule has 0 radical (unpaired) electrons. The van der Waals surface area contributed by atoms with E-state index in [0.29, 0.717) is 6.54 Å². The van der Waals surface area contributed by atoms with Crippen molar-refractivity contribution in [3.05, 3.63) is 17.7 Å². The summed E-state index contributed by atoms with van der Waals surface area (Å²) in [5.41, 5.74) is 7.94. The van der Waals surface area contributed by atoms with E-state index >= 15 is 0 Å². The molecule has 0 aliphatic heterocycles. The van der Waals surface area contributed by atoms with Crippen molar-refractivity contribution in [1.82, 2.24) is 9.55 Å². The van der Waals surface area contributed by atoms with E-state index in [2.05, 4.69) is 25.8 Å². The van der Waals surface area contributed by atoms with Crippen molar-refractivity contribution in [3.63, 3.8) is 0 Å². The second kappa shape index (κ2) is 2.90. The Morgan fingerprint density at radius 1 is 1.50 bits per heavy atom. The molecular weight excluding hydrogens is 150 g/mol. The molecule has 0 bridgehead atoms. The number of hydrogen-bond donors (Lipinski definition) is 1. The molecule has 0 fully saturated rings. The second-order valence-electron chi connectivity index (χ2n) is 4.10. The van der Waals surface area contributed by atoms with E-state index in [9.17, 15) is 0 Å². The van der Waals surface area contributed by atoms with Crippen LogP contribution in [0.5, 0.6) is 0 Å². The Balaban J connectivity index is 3.19. The molecule has 0 atom stereocenters. The van der Waals surface area contributed by atoms with Crippen molar-refractivity contribution in [2.75, 3.05) is 0 Å². The summed E-state index contributed by atoms with van der Waals surface area (Å²) < 4.78 is 2.04. The van der Waals surface area contributed by atoms with E-state index in [-0.39, 0.29) is 5.41 Å². The Morgan fingerprint density at radius 3 is 2.42 bits per heavy atom. The topological polar surface area (TPSA) is 43.8 Å². The summed E-state index contributed by atoms with van der Waals surface area (Å²) in [4.78, 5) is 4.24. The van der Waals surface area contributed by atoms with Crippen LogP contribution >= 0.6 is 0 Å². The first kappa shape index (κ1) is 9.26. The average molecular weight is 167 g/mol. The molecule has 0 saturated carbocycles. The highest BCUT2D eigenvalue weighted by Crippen LogP contribution is 2.24. The normalized spacial score (nSPS) is 12.1. The quantitative estimate of drug-likeness (QED) is 0.682. The summed E-state index contributed by atoms with van der Waals surface area (Å²) in [6.07, 6.45) is 1.82. The number of aromatic nitrogens is 2. The highest BCUT2D eigenvalue weighted by Gasteiger charge is 2.21. The third-order valence-corrected chi connectivity index (χ3v) is 1.92. The molecule has 12 heavy (non-hydrogen) atoms. The summed E-state index contributed by atoms with van der Waals surface area (Å²) >= 11 is 0. The molecule has 0 spiro atoms. The van der Waals surface area contributed by atoms with Gasteiger partial charge in [0.25, 0.3) is 0 Å². The van der Waals surface area contributed by atoms with Gasteiger partial charge in [0.05, 0.1) is 12.0 Å². The summed E-state index contributed by atoms with van der Waals surface area (Å²) in [5, 5.41) is 0. The van der Waals surface area contributed by atoms with Gasteiger partial charge in [-0.3, -0.25) is 0 Å². The van der Waals surface area contributed by atoms with Crippen LogP contribution in [0.4, 0.5) is 0 Å². The number of nitrogens with zero attached hydrogens (tertiary/aromatic N) is 2. The van der Waals surface area contributed by atoms with Gasteiger partial charge in [0, 0.05) is 24.7 Å². The van der Waals surface area contributed by atoms with Gasteiger partial charge in [0.1, 0.15) is 0 Å². The Morgan fingerprint density at radius 2 is 2.08 bits per heavy atom. The fourth-order valence-corrected chi connectivity index (χ4v) is 1.59. The van der Waals surface area contributed by atoms with E-state index in [4.69, 9.17) is 5.73 Å². The van der Waals surface area contributed by atoms with Gasteiger partial charge in [0.2, 0.25) is 0 Å². The Bertz CT molecular complexity index is 268. The molecule has 0 aliphatic carbocycles. The van der Waals surface area contributed by atoms with E-state index in [1.54, 1.807) is 0 Å². The monoisotopic (exact) mass is 167 g/mol. The van der Waals surface area contributed by atoms with E-state index in [1.807, 2.05) is 17.9 Å². The summed E-state index contributed by atoms with van der Waals surface area (Å²) in [6, 6.07) is 0. The minimum absolute atomic E-state index is 0.125. The lowest BCUT2D eigenvalue weighted by Crippen LogP contribution is -2.19. The molecule has 1 rings (SSSR count). The van der Waals surface area contributed by atoms with Gasteiger partial charge >= 0.3 is 0 Å². The van der Waals surface area contributed by atoms with Gasteiger partial charge in [-0.1, -0.05) is 20.8 Å². The minimum Gasteiger partial charge on any atom is -0.337 e. The van der Waals surface area contributed by atoms with E-state index < -0.39 is 0 Å². The summed E-state index contributed by atoms with van der Waals surface area (Å²) in [5.74, 6) is 0. The van der Waals surface area contributed by atoms with Crippen molar-refractivity contribution < 1.29 is 0 Å². The Kier molecular flexibility index (Phi) is 2.24. The van der Waals surface area contributed by atoms with Crippen LogP contribution in [-0.4, -0.2) is 9.55 Å². The van der Waals surface area contributed by atoms with Gasteiger partial charge in [-0.25, -0.2) is 4.98 Å². The average Bonchev–Trinajstić information content (AvgIpc) is 2.29. The van der Waals surface area contributed by atoms with Gasteiger partial charge in [0.15, 0.2) is 0 Å². The molecule has 0 aromatic carbocycles. The predicted octanol–water partition coefficient (Wildman–Crippen LogP) is 1.18. The van der Waals surface area contributed by atoms with Crippen molar-refractivity contribution in [2.45, 2.75) is 32.7 Å². The Hall–Kier alpha value is -0.830. The van der Waals surface area contributed by atoms with Crippen molar-refractivity contribution in [3.8, 4) is 0 Å². The largest absolute Gasteiger partial charge is 0.337 e. The molecule has 2 N–H and O–H groups in total. The van der Waals surface area contributed by atoms with Crippen LogP contribution in [-0.2, 0) is 19.0 Å². The molecule has 1 heterocycles. The molecule has 0 saturated heterocycles. The molecule has 0 aliphatic rings. The Labute approximate surface area is 73.6 Å². The number of imidazole rings is 1. The highest BCUT2D eigenvalue weighted by molar-refractivity contribution is 5.20. The van der Waals surface area contributed by atoms with Gasteiger partial charge in [-0.05, 0) is 0 Å². The van der Waals surface area contributed by atoms with Gasteiger partial charge in [-0.2, -0.15) is 0 Å². The molecule has 1 aromatic rings. The molecule has 1 aromatic heterocycles. The van der Waals surface area contributed by atoms with Crippen LogP contribution in [0, 0.1) is 0 Å². The molecular formula is C9H17N3. The third-order valence-electron chi connectivity index (χ3n) is 1.92. The molecule has 0 unspecified atom stereocenters. The maximum absolute atomic E-state index is 5.58. The molecule has 3 nitrogen and oxygen atoms in total. The minimum atomic E-state index is 0.125. The zero-order chi connectivity index (χ0) is 9.35. The van der Waals surface area contributed by atoms with Crippen LogP contribution < -0.4 is 5.73 Å². The lowest BCUT2D eigenvalue weighted by Gasteiger charge is -2.20. The summed E-state index contributed by atoms with van der Waals surface area (Å²) in [7, 11) is 2.01. The number of nitrogens with two attached hydrogens (primary N) is 1. The SMILES string of the molecule is Cn1cnc(CN)c1C(C)(C)C. The van der Waals surface area contributed by atoms with Crippen LogP contribution in [0.3, 0.4) is 0 Å². The fourth-order valence-electron chi connectivity index (χ4n) is 1.59. The number of hydrogen-bond acceptors (Lipinski definition) is 2. The molecule has 0 amide bonds. The predicted molar refractivity (Wildman–Crippen MR) is 49.8 cm³/mol. The third kappa shape index (κ3) is 1.50. The first-order valence-electron chi connectivity index (χ1n) is 4.17. The zero-order valence-electron chi connectivity index (χ0n) is 8.26. The lowest BCUT2D eigenvalue weighted by molar-refractivity contribution is 0.536. The number of aryl methyl sites for hydroxylation is 1. The van der Waals surface area contributed by atoms with Crippen molar-refractivity contribution in [1.29, 1.82) is 0 Å². The zero-order valence-corrected chi connectivity index (χ0v) is 8.26. The standard InChI is InChI=1S/C9H17N3/c1-9(2,3)8-7(5-10)11-6-12(8)4/h6H,5,10H2,1-4H3. The van der Waals surface area contributed by atoms with E-state index in [0.717, 1.165) is 5.69 Å². The van der Waals surface area contributed by atoms with Crippen molar-refractivity contribution in [2.24, 2.45) is 12.8 Å². The van der Waals surface area contributed by atoms with Crippen molar-refractivity contribution >= 4 is 0 Å². The first-order valence-corrected chi connectivity index (χ1v) is 4.17.